The predicted molar refractivity (Wildman–Crippen MR) is 107 cm³/mol. The molecule has 1 unspecified atom stereocenters. The quantitative estimate of drug-likeness (QED) is 0.320. The van der Waals surface area contributed by atoms with Crippen LogP contribution < -0.4 is 0 Å². The molecule has 0 spiro atoms. The van der Waals surface area contributed by atoms with Crippen molar-refractivity contribution in [2.75, 3.05) is 13.1 Å². The maximum atomic E-state index is 14.6. The number of aliphatic hydroxyl groups is 1. The second-order valence-corrected chi connectivity index (χ2v) is 6.98. The Morgan fingerprint density at radius 3 is 2.71 bits per heavy atom. The zero-order valence-corrected chi connectivity index (χ0v) is 16.4. The van der Waals surface area contributed by atoms with Crippen molar-refractivity contribution in [3.8, 4) is 12.3 Å². The molecule has 3 aromatic rings. The van der Waals surface area contributed by atoms with Crippen LogP contribution in [0.25, 0.3) is 0 Å². The second-order valence-electron chi connectivity index (χ2n) is 6.98. The lowest BCUT2D eigenvalue weighted by atomic mass is 9.92. The van der Waals surface area contributed by atoms with Crippen molar-refractivity contribution in [2.24, 2.45) is 0 Å². The molecule has 8 nitrogen and oxygen atoms in total. The van der Waals surface area contributed by atoms with Crippen molar-refractivity contribution >= 4 is 5.69 Å². The van der Waals surface area contributed by atoms with Crippen LogP contribution in [-0.2, 0) is 18.7 Å². The first-order chi connectivity index (χ1) is 14.8. The number of terminal acetylenes is 1. The summed E-state index contributed by atoms with van der Waals surface area (Å²) in [7, 11) is 0. The second kappa shape index (κ2) is 9.42. The molecule has 0 fully saturated rings. The van der Waals surface area contributed by atoms with Crippen molar-refractivity contribution in [2.45, 2.75) is 18.7 Å². The van der Waals surface area contributed by atoms with Crippen LogP contribution in [0.3, 0.4) is 0 Å². The molecule has 160 valence electrons. The van der Waals surface area contributed by atoms with Gasteiger partial charge in [-0.25, -0.2) is 18.4 Å². The fourth-order valence-corrected chi connectivity index (χ4v) is 3.40. The monoisotopic (exact) mass is 427 g/mol. The average molecular weight is 427 g/mol. The van der Waals surface area contributed by atoms with E-state index in [0.717, 1.165) is 12.1 Å². The van der Waals surface area contributed by atoms with E-state index in [1.807, 2.05) is 0 Å². The minimum Gasteiger partial charge on any atom is -0.382 e. The number of aromatic nitrogens is 3. The van der Waals surface area contributed by atoms with Gasteiger partial charge in [-0.2, -0.15) is 5.10 Å². The van der Waals surface area contributed by atoms with Gasteiger partial charge in [-0.1, -0.05) is 30.2 Å². The zero-order chi connectivity index (χ0) is 22.4. The fourth-order valence-electron chi connectivity index (χ4n) is 3.40. The number of benzene rings is 2. The summed E-state index contributed by atoms with van der Waals surface area (Å²) in [4.78, 5) is 16.2. The van der Waals surface area contributed by atoms with Gasteiger partial charge in [-0.05, 0) is 6.07 Å². The third kappa shape index (κ3) is 5.28. The first-order valence-electron chi connectivity index (χ1n) is 9.21. The van der Waals surface area contributed by atoms with Gasteiger partial charge >= 0.3 is 0 Å². The first-order valence-corrected chi connectivity index (χ1v) is 9.21. The number of nitrogens with zero attached hydrogens (tertiary/aromatic N) is 5. The minimum absolute atomic E-state index is 0.0224. The molecule has 0 radical (unpaired) electrons. The number of halogens is 2. The van der Waals surface area contributed by atoms with Gasteiger partial charge in [0.2, 0.25) is 0 Å². The Kier molecular flexibility index (Phi) is 6.69. The zero-order valence-electron chi connectivity index (χ0n) is 16.4. The van der Waals surface area contributed by atoms with Crippen molar-refractivity contribution in [1.29, 1.82) is 0 Å². The SMILES string of the molecule is C#CCN(Cc1ccccc1[N+](=O)[O-])CC(O)(Cn1cncn1)c1ccc(F)cc1F. The van der Waals surface area contributed by atoms with Crippen LogP contribution in [-0.4, -0.2) is 42.8 Å². The van der Waals surface area contributed by atoms with Gasteiger partial charge in [0, 0.05) is 36.3 Å². The Hall–Kier alpha value is -3.68. The Balaban J connectivity index is 1.97. The van der Waals surface area contributed by atoms with Crippen molar-refractivity contribution in [1.82, 2.24) is 19.7 Å². The molecule has 1 N–H and O–H groups in total. The average Bonchev–Trinajstić information content (AvgIpc) is 3.20. The van der Waals surface area contributed by atoms with E-state index in [4.69, 9.17) is 6.42 Å². The van der Waals surface area contributed by atoms with Crippen LogP contribution in [0.4, 0.5) is 14.5 Å². The van der Waals surface area contributed by atoms with Gasteiger partial charge in [-0.3, -0.25) is 15.0 Å². The lowest BCUT2D eigenvalue weighted by Gasteiger charge is -2.34. The van der Waals surface area contributed by atoms with E-state index in [-0.39, 0.29) is 37.4 Å². The van der Waals surface area contributed by atoms with Gasteiger partial charge in [0.15, 0.2) is 0 Å². The standard InChI is InChI=1S/C21H19F2N5O3/c1-2-9-26(11-16-5-3-4-6-20(16)28(30)31)12-21(29,13-27-15-24-14-25-27)18-8-7-17(22)10-19(18)23/h1,3-8,10,14-15,29H,9,11-13H2. The van der Waals surface area contributed by atoms with Crippen LogP contribution in [0.1, 0.15) is 11.1 Å². The van der Waals surface area contributed by atoms with E-state index < -0.39 is 22.2 Å². The van der Waals surface area contributed by atoms with Crippen LogP contribution in [0.2, 0.25) is 0 Å². The molecule has 0 aliphatic rings. The molecule has 1 atom stereocenters. The van der Waals surface area contributed by atoms with Gasteiger partial charge in [0.05, 0.1) is 18.0 Å². The number of nitro groups is 1. The van der Waals surface area contributed by atoms with E-state index >= 15 is 0 Å². The number of rotatable bonds is 9. The summed E-state index contributed by atoms with van der Waals surface area (Å²) < 4.78 is 29.4. The summed E-state index contributed by atoms with van der Waals surface area (Å²) in [5.74, 6) is 0.726. The largest absolute Gasteiger partial charge is 0.382 e. The number of para-hydroxylation sites is 1. The smallest absolute Gasteiger partial charge is 0.273 e. The summed E-state index contributed by atoms with van der Waals surface area (Å²) in [6, 6.07) is 9.01. The highest BCUT2D eigenvalue weighted by Gasteiger charge is 2.36. The highest BCUT2D eigenvalue weighted by molar-refractivity contribution is 5.39. The van der Waals surface area contributed by atoms with Crippen LogP contribution in [0, 0.1) is 34.1 Å². The normalized spacial score (nSPS) is 13.0. The van der Waals surface area contributed by atoms with Gasteiger partial charge in [0.1, 0.15) is 29.9 Å². The molecule has 1 heterocycles. The number of hydrogen-bond donors (Lipinski definition) is 1. The third-order valence-electron chi connectivity index (χ3n) is 4.70. The van der Waals surface area contributed by atoms with Gasteiger partial charge in [0.25, 0.3) is 5.69 Å². The van der Waals surface area contributed by atoms with E-state index in [0.29, 0.717) is 11.6 Å². The topological polar surface area (TPSA) is 97.3 Å². The molecule has 0 saturated carbocycles. The Morgan fingerprint density at radius 1 is 1.29 bits per heavy atom. The van der Waals surface area contributed by atoms with Crippen LogP contribution in [0.5, 0.6) is 0 Å². The summed E-state index contributed by atoms with van der Waals surface area (Å²) in [5.41, 5.74) is -1.76. The highest BCUT2D eigenvalue weighted by Crippen LogP contribution is 2.29. The molecule has 0 saturated heterocycles. The fraction of sp³-hybridized carbons (Fsp3) is 0.238. The van der Waals surface area contributed by atoms with Crippen molar-refractivity contribution in [3.05, 3.63) is 88.0 Å². The maximum Gasteiger partial charge on any atom is 0.273 e. The highest BCUT2D eigenvalue weighted by atomic mass is 19.1. The van der Waals surface area contributed by atoms with E-state index in [1.54, 1.807) is 23.1 Å². The molecular weight excluding hydrogens is 408 g/mol. The van der Waals surface area contributed by atoms with Crippen molar-refractivity contribution in [3.63, 3.8) is 0 Å². The lowest BCUT2D eigenvalue weighted by Crippen LogP contribution is -2.44. The summed E-state index contributed by atoms with van der Waals surface area (Å²) >= 11 is 0. The molecular formula is C21H19F2N5O3. The number of hydrogen-bond acceptors (Lipinski definition) is 6. The van der Waals surface area contributed by atoms with Crippen LogP contribution >= 0.6 is 0 Å². The Morgan fingerprint density at radius 2 is 2.06 bits per heavy atom. The molecule has 0 amide bonds. The number of nitro benzene ring substituents is 1. The molecule has 3 rings (SSSR count). The minimum atomic E-state index is -1.88. The lowest BCUT2D eigenvalue weighted by molar-refractivity contribution is -0.385. The predicted octanol–water partition coefficient (Wildman–Crippen LogP) is 2.49. The van der Waals surface area contributed by atoms with E-state index in [9.17, 15) is 24.0 Å². The first kappa shape index (κ1) is 22.0. The van der Waals surface area contributed by atoms with Gasteiger partial charge in [-0.15, -0.1) is 6.42 Å². The van der Waals surface area contributed by atoms with E-state index in [2.05, 4.69) is 16.0 Å². The Bertz CT molecular complexity index is 1100. The molecule has 0 bridgehead atoms. The third-order valence-corrected chi connectivity index (χ3v) is 4.70. The summed E-state index contributed by atoms with van der Waals surface area (Å²) in [5, 5.41) is 26.8. The molecule has 0 aliphatic carbocycles. The summed E-state index contributed by atoms with van der Waals surface area (Å²) in [6.45, 7) is -0.350. The summed E-state index contributed by atoms with van der Waals surface area (Å²) in [6.07, 6.45) is 8.07. The molecule has 10 heteroatoms. The van der Waals surface area contributed by atoms with E-state index in [1.165, 1.54) is 23.4 Å². The van der Waals surface area contributed by atoms with Crippen molar-refractivity contribution < 1.29 is 18.8 Å². The van der Waals surface area contributed by atoms with Gasteiger partial charge < -0.3 is 5.11 Å². The molecule has 2 aromatic carbocycles. The maximum absolute atomic E-state index is 14.6. The Labute approximate surface area is 176 Å². The molecule has 0 aliphatic heterocycles. The molecule has 31 heavy (non-hydrogen) atoms. The molecule has 1 aromatic heterocycles. The van der Waals surface area contributed by atoms with Crippen LogP contribution in [0.15, 0.2) is 55.1 Å².